The van der Waals surface area contributed by atoms with E-state index >= 15 is 0 Å². The Labute approximate surface area is 187 Å². The summed E-state index contributed by atoms with van der Waals surface area (Å²) in [5, 5.41) is 10.5. The van der Waals surface area contributed by atoms with Gasteiger partial charge >= 0.3 is 5.97 Å². The standard InChI is InChI=1S/C20H17Cl2NO4S2/c1-2-3-4-15(19(25)26)23-18(24)17(29-20(23)28)10-12-6-8-16(27-12)13-9-11(21)5-7-14(13)22/h5-10,15H,2-4H2,1H3,(H,25,26)/b17-10+/t15-/m1/s1. The molecule has 1 aromatic carbocycles. The van der Waals surface area contributed by atoms with Crippen LogP contribution < -0.4 is 0 Å². The lowest BCUT2D eigenvalue weighted by atomic mass is 10.1. The van der Waals surface area contributed by atoms with Crippen LogP contribution in [-0.4, -0.2) is 32.2 Å². The van der Waals surface area contributed by atoms with Gasteiger partial charge < -0.3 is 9.52 Å². The lowest BCUT2D eigenvalue weighted by Gasteiger charge is -2.22. The van der Waals surface area contributed by atoms with E-state index in [2.05, 4.69) is 0 Å². The number of nitrogens with zero attached hydrogens (tertiary/aromatic N) is 1. The third-order valence-electron chi connectivity index (χ3n) is 4.35. The van der Waals surface area contributed by atoms with Gasteiger partial charge in [-0.25, -0.2) is 4.79 Å². The second-order valence-electron chi connectivity index (χ2n) is 6.37. The SMILES string of the molecule is CCCC[C@H](C(=O)O)N1C(=O)/C(=C\c2ccc(-c3cc(Cl)ccc3Cl)o2)SC1=S. The molecular formula is C20H17Cl2NO4S2. The maximum Gasteiger partial charge on any atom is 0.326 e. The summed E-state index contributed by atoms with van der Waals surface area (Å²) in [6.45, 7) is 1.96. The van der Waals surface area contributed by atoms with Crippen LogP contribution in [0.4, 0.5) is 0 Å². The molecule has 5 nitrogen and oxygen atoms in total. The number of hydrogen-bond donors (Lipinski definition) is 1. The van der Waals surface area contributed by atoms with Gasteiger partial charge in [-0.05, 0) is 36.8 Å². The molecule has 1 aliphatic heterocycles. The van der Waals surface area contributed by atoms with Gasteiger partial charge in [-0.1, -0.05) is 66.9 Å². The number of benzene rings is 1. The highest BCUT2D eigenvalue weighted by Crippen LogP contribution is 2.37. The first-order valence-corrected chi connectivity index (χ1v) is 10.8. The fraction of sp³-hybridized carbons (Fsp3) is 0.250. The Morgan fingerprint density at radius 2 is 2.10 bits per heavy atom. The number of carbonyl (C=O) groups is 2. The van der Waals surface area contributed by atoms with Crippen molar-refractivity contribution in [3.8, 4) is 11.3 Å². The van der Waals surface area contributed by atoms with Crippen LogP contribution in [0.1, 0.15) is 31.9 Å². The Kier molecular flexibility index (Phi) is 7.05. The Balaban J connectivity index is 1.85. The molecule has 0 aliphatic carbocycles. The van der Waals surface area contributed by atoms with Crippen LogP contribution in [0.15, 0.2) is 39.7 Å². The number of carboxylic acids is 1. The first-order valence-electron chi connectivity index (χ1n) is 8.87. The molecule has 152 valence electrons. The molecule has 3 rings (SSSR count). The zero-order valence-corrected chi connectivity index (χ0v) is 18.5. The van der Waals surface area contributed by atoms with Gasteiger partial charge in [0.05, 0.1) is 9.93 Å². The van der Waals surface area contributed by atoms with E-state index < -0.39 is 17.9 Å². The van der Waals surface area contributed by atoms with Crippen LogP contribution in [0.3, 0.4) is 0 Å². The second kappa shape index (κ2) is 9.34. The van der Waals surface area contributed by atoms with Gasteiger partial charge in [-0.3, -0.25) is 9.69 Å². The average Bonchev–Trinajstić information content (AvgIpc) is 3.23. The van der Waals surface area contributed by atoms with E-state index in [0.717, 1.165) is 18.2 Å². The Hall–Kier alpha value is -1.80. The summed E-state index contributed by atoms with van der Waals surface area (Å²) in [6.07, 6.45) is 3.42. The van der Waals surface area contributed by atoms with E-state index in [1.165, 1.54) is 4.90 Å². The second-order valence-corrected chi connectivity index (χ2v) is 8.89. The van der Waals surface area contributed by atoms with Gasteiger partial charge in [-0.2, -0.15) is 0 Å². The van der Waals surface area contributed by atoms with Crippen molar-refractivity contribution in [1.82, 2.24) is 4.90 Å². The number of thioether (sulfide) groups is 1. The highest BCUT2D eigenvalue weighted by molar-refractivity contribution is 8.26. The lowest BCUT2D eigenvalue weighted by Crippen LogP contribution is -2.43. The molecule has 2 heterocycles. The number of amides is 1. The van der Waals surface area contributed by atoms with Crippen LogP contribution in [0.25, 0.3) is 17.4 Å². The van der Waals surface area contributed by atoms with E-state index in [9.17, 15) is 14.7 Å². The third-order valence-corrected chi connectivity index (χ3v) is 6.24. The van der Waals surface area contributed by atoms with E-state index in [1.807, 2.05) is 6.92 Å². The molecule has 1 aromatic heterocycles. The van der Waals surface area contributed by atoms with Crippen molar-refractivity contribution in [3.05, 3.63) is 51.0 Å². The Bertz CT molecular complexity index is 1000. The van der Waals surface area contributed by atoms with Crippen molar-refractivity contribution in [1.29, 1.82) is 0 Å². The van der Waals surface area contributed by atoms with Crippen molar-refractivity contribution in [2.24, 2.45) is 0 Å². The quantitative estimate of drug-likeness (QED) is 0.390. The minimum atomic E-state index is -1.06. The Morgan fingerprint density at radius 1 is 1.34 bits per heavy atom. The third kappa shape index (κ3) is 4.86. The summed E-state index contributed by atoms with van der Waals surface area (Å²) >= 11 is 18.6. The van der Waals surface area contributed by atoms with Crippen molar-refractivity contribution < 1.29 is 19.1 Å². The number of unbranched alkanes of at least 4 members (excludes halogenated alkanes) is 1. The first kappa shape index (κ1) is 21.9. The predicted molar refractivity (Wildman–Crippen MR) is 120 cm³/mol. The number of aliphatic carboxylic acids is 1. The maximum absolute atomic E-state index is 12.8. The number of carbonyl (C=O) groups excluding carboxylic acids is 1. The number of rotatable bonds is 7. The molecule has 2 aromatic rings. The molecule has 0 unspecified atom stereocenters. The van der Waals surface area contributed by atoms with Crippen LogP contribution >= 0.6 is 47.2 Å². The normalized spacial score (nSPS) is 16.7. The van der Waals surface area contributed by atoms with Crippen molar-refractivity contribution in [2.75, 3.05) is 0 Å². The number of hydrogen-bond acceptors (Lipinski definition) is 5. The predicted octanol–water partition coefficient (Wildman–Crippen LogP) is 6.10. The fourth-order valence-electron chi connectivity index (χ4n) is 2.90. The minimum Gasteiger partial charge on any atom is -0.480 e. The first-order chi connectivity index (χ1) is 13.8. The molecule has 0 spiro atoms. The lowest BCUT2D eigenvalue weighted by molar-refractivity contribution is -0.145. The van der Waals surface area contributed by atoms with Crippen molar-refractivity contribution in [2.45, 2.75) is 32.2 Å². The van der Waals surface area contributed by atoms with Gasteiger partial charge in [0.15, 0.2) is 0 Å². The zero-order valence-electron chi connectivity index (χ0n) is 15.4. The van der Waals surface area contributed by atoms with E-state index in [0.29, 0.717) is 44.9 Å². The molecule has 1 amide bonds. The minimum absolute atomic E-state index is 0.231. The van der Waals surface area contributed by atoms with Gasteiger partial charge in [0, 0.05) is 16.7 Å². The summed E-state index contributed by atoms with van der Waals surface area (Å²) in [5.41, 5.74) is 0.636. The topological polar surface area (TPSA) is 70.8 Å². The summed E-state index contributed by atoms with van der Waals surface area (Å²) in [4.78, 5) is 26.0. The van der Waals surface area contributed by atoms with E-state index in [1.54, 1.807) is 36.4 Å². The molecule has 1 atom stereocenters. The van der Waals surface area contributed by atoms with Gasteiger partial charge in [0.25, 0.3) is 5.91 Å². The molecule has 1 fully saturated rings. The summed E-state index contributed by atoms with van der Waals surface area (Å²) < 4.78 is 6.03. The van der Waals surface area contributed by atoms with Crippen molar-refractivity contribution in [3.63, 3.8) is 0 Å². The number of halogens is 2. The highest BCUT2D eigenvalue weighted by atomic mass is 35.5. The molecule has 0 saturated carbocycles. The highest BCUT2D eigenvalue weighted by Gasteiger charge is 2.40. The largest absolute Gasteiger partial charge is 0.480 e. The monoisotopic (exact) mass is 469 g/mol. The van der Waals surface area contributed by atoms with Crippen LogP contribution in [-0.2, 0) is 9.59 Å². The van der Waals surface area contributed by atoms with Gasteiger partial charge in [-0.15, -0.1) is 0 Å². The maximum atomic E-state index is 12.8. The molecule has 1 N–H and O–H groups in total. The Morgan fingerprint density at radius 3 is 2.79 bits per heavy atom. The van der Waals surface area contributed by atoms with Crippen LogP contribution in [0, 0.1) is 0 Å². The molecule has 0 radical (unpaired) electrons. The number of thiocarbonyl (C=S) groups is 1. The summed E-state index contributed by atoms with van der Waals surface area (Å²) in [5.74, 6) is -0.559. The van der Waals surface area contributed by atoms with Crippen molar-refractivity contribution >= 4 is 69.5 Å². The van der Waals surface area contributed by atoms with Crippen LogP contribution in [0.5, 0.6) is 0 Å². The smallest absolute Gasteiger partial charge is 0.326 e. The van der Waals surface area contributed by atoms with Crippen LogP contribution in [0.2, 0.25) is 10.0 Å². The molecule has 1 saturated heterocycles. The zero-order chi connectivity index (χ0) is 21.1. The average molecular weight is 470 g/mol. The fourth-order valence-corrected chi connectivity index (χ4v) is 4.62. The number of carboxylic acid groups (broad SMARTS) is 1. The molecule has 9 heteroatoms. The molecular weight excluding hydrogens is 453 g/mol. The summed E-state index contributed by atoms with van der Waals surface area (Å²) in [6, 6.07) is 7.51. The van der Waals surface area contributed by atoms with Gasteiger partial charge in [0.2, 0.25) is 0 Å². The van der Waals surface area contributed by atoms with E-state index in [4.69, 9.17) is 39.8 Å². The molecule has 29 heavy (non-hydrogen) atoms. The summed E-state index contributed by atoms with van der Waals surface area (Å²) in [7, 11) is 0. The molecule has 1 aliphatic rings. The van der Waals surface area contributed by atoms with Gasteiger partial charge in [0.1, 0.15) is 21.9 Å². The molecule has 0 bridgehead atoms. The van der Waals surface area contributed by atoms with E-state index in [-0.39, 0.29) is 4.32 Å². The number of furan rings is 1.